The van der Waals surface area contributed by atoms with Crippen LogP contribution in [0.5, 0.6) is 0 Å². The van der Waals surface area contributed by atoms with Crippen LogP contribution in [0.15, 0.2) is 24.3 Å². The Morgan fingerprint density at radius 2 is 2.10 bits per heavy atom. The van der Waals surface area contributed by atoms with Crippen molar-refractivity contribution in [3.8, 4) is 0 Å². The fraction of sp³-hybridized carbons (Fsp3) is 0.529. The summed E-state index contributed by atoms with van der Waals surface area (Å²) in [6.45, 7) is 4.51. The van der Waals surface area contributed by atoms with Crippen molar-refractivity contribution in [1.82, 2.24) is 10.6 Å². The Morgan fingerprint density at radius 1 is 1.33 bits per heavy atom. The number of benzene rings is 1. The monoisotopic (exact) mass is 288 g/mol. The van der Waals surface area contributed by atoms with Crippen LogP contribution in [-0.2, 0) is 11.3 Å². The van der Waals surface area contributed by atoms with E-state index in [1.54, 1.807) is 6.07 Å². The molecule has 4 nitrogen and oxygen atoms in total. The summed E-state index contributed by atoms with van der Waals surface area (Å²) in [6, 6.07) is 7.60. The predicted octanol–water partition coefficient (Wildman–Crippen LogP) is 2.63. The molecule has 0 heterocycles. The summed E-state index contributed by atoms with van der Waals surface area (Å²) in [6.07, 6.45) is 4.07. The predicted molar refractivity (Wildman–Crippen MR) is 82.8 cm³/mol. The zero-order chi connectivity index (χ0) is 15.2. The molecule has 0 aromatic heterocycles. The summed E-state index contributed by atoms with van der Waals surface area (Å²) < 4.78 is 0. The van der Waals surface area contributed by atoms with Gasteiger partial charge in [-0.2, -0.15) is 0 Å². The van der Waals surface area contributed by atoms with Gasteiger partial charge in [0.2, 0.25) is 5.91 Å². The molecule has 1 aliphatic carbocycles. The molecular formula is C17H24N2O2. The average Bonchev–Trinajstić information content (AvgIpc) is 2.43. The second-order valence-corrected chi connectivity index (χ2v) is 5.83. The highest BCUT2D eigenvalue weighted by molar-refractivity contribution is 5.94. The van der Waals surface area contributed by atoms with Crippen LogP contribution in [0.2, 0.25) is 0 Å². The lowest BCUT2D eigenvalue weighted by Crippen LogP contribution is -2.34. The highest BCUT2D eigenvalue weighted by Crippen LogP contribution is 2.26. The topological polar surface area (TPSA) is 58.2 Å². The minimum Gasteiger partial charge on any atom is -0.352 e. The normalized spacial score (nSPS) is 15.9. The Labute approximate surface area is 126 Å². The first-order valence-corrected chi connectivity index (χ1v) is 7.77. The van der Waals surface area contributed by atoms with E-state index in [0.717, 1.165) is 31.2 Å². The zero-order valence-corrected chi connectivity index (χ0v) is 12.8. The van der Waals surface area contributed by atoms with Crippen LogP contribution in [-0.4, -0.2) is 17.9 Å². The molecule has 21 heavy (non-hydrogen) atoms. The number of hydrogen-bond donors (Lipinski definition) is 2. The molecule has 1 saturated carbocycles. The molecule has 114 valence electrons. The minimum atomic E-state index is -0.0588. The largest absolute Gasteiger partial charge is 0.352 e. The van der Waals surface area contributed by atoms with Gasteiger partial charge in [-0.15, -0.1) is 0 Å². The van der Waals surface area contributed by atoms with E-state index in [9.17, 15) is 9.59 Å². The number of nitrogens with one attached hydrogen (secondary N) is 2. The van der Waals surface area contributed by atoms with Gasteiger partial charge in [0.1, 0.15) is 0 Å². The molecule has 1 aromatic rings. The molecule has 1 unspecified atom stereocenters. The molecule has 0 radical (unpaired) electrons. The van der Waals surface area contributed by atoms with Crippen molar-refractivity contribution in [3.05, 3.63) is 35.4 Å². The van der Waals surface area contributed by atoms with Gasteiger partial charge >= 0.3 is 0 Å². The summed E-state index contributed by atoms with van der Waals surface area (Å²) in [5, 5.41) is 5.90. The molecule has 2 amide bonds. The second kappa shape index (κ2) is 7.25. The van der Waals surface area contributed by atoms with Gasteiger partial charge in [0.05, 0.1) is 0 Å². The Kier molecular flexibility index (Phi) is 5.37. The van der Waals surface area contributed by atoms with Crippen molar-refractivity contribution in [3.63, 3.8) is 0 Å². The highest BCUT2D eigenvalue weighted by atomic mass is 16.2. The van der Waals surface area contributed by atoms with Crippen molar-refractivity contribution in [2.75, 3.05) is 0 Å². The van der Waals surface area contributed by atoms with Crippen molar-refractivity contribution in [2.24, 2.45) is 5.92 Å². The van der Waals surface area contributed by atoms with Crippen LogP contribution in [0.3, 0.4) is 0 Å². The second-order valence-electron chi connectivity index (χ2n) is 5.83. The van der Waals surface area contributed by atoms with E-state index in [1.165, 1.54) is 0 Å². The van der Waals surface area contributed by atoms with E-state index in [1.807, 2.05) is 32.0 Å². The minimum absolute atomic E-state index is 0.0588. The summed E-state index contributed by atoms with van der Waals surface area (Å²) in [5.41, 5.74) is 1.60. The lowest BCUT2D eigenvalue weighted by Gasteiger charge is -2.24. The van der Waals surface area contributed by atoms with E-state index in [4.69, 9.17) is 0 Å². The molecule has 2 rings (SSSR count). The van der Waals surface area contributed by atoms with E-state index in [2.05, 4.69) is 10.6 Å². The number of amides is 2. The van der Waals surface area contributed by atoms with Crippen LogP contribution >= 0.6 is 0 Å². The van der Waals surface area contributed by atoms with Crippen LogP contribution in [0.25, 0.3) is 0 Å². The number of rotatable bonds is 6. The smallest absolute Gasteiger partial charge is 0.251 e. The molecule has 1 atom stereocenters. The number of carbonyl (C=O) groups is 2. The van der Waals surface area contributed by atoms with Crippen molar-refractivity contribution in [1.29, 1.82) is 0 Å². The lowest BCUT2D eigenvalue weighted by molar-refractivity contribution is -0.127. The molecule has 1 fully saturated rings. The molecule has 1 aliphatic rings. The van der Waals surface area contributed by atoms with Gasteiger partial charge in [-0.25, -0.2) is 0 Å². The molecule has 0 bridgehead atoms. The quantitative estimate of drug-likeness (QED) is 0.845. The molecule has 2 N–H and O–H groups in total. The average molecular weight is 288 g/mol. The SMILES string of the molecule is CCC(C)NC(=O)c1cccc(CNC(=O)C2CCC2)c1. The van der Waals surface area contributed by atoms with Crippen LogP contribution in [0, 0.1) is 5.92 Å². The fourth-order valence-electron chi connectivity index (χ4n) is 2.24. The van der Waals surface area contributed by atoms with Crippen LogP contribution < -0.4 is 10.6 Å². The van der Waals surface area contributed by atoms with Crippen LogP contribution in [0.1, 0.15) is 55.5 Å². The molecule has 1 aromatic carbocycles. The summed E-state index contributed by atoms with van der Waals surface area (Å²) >= 11 is 0. The van der Waals surface area contributed by atoms with E-state index in [0.29, 0.717) is 12.1 Å². The summed E-state index contributed by atoms with van der Waals surface area (Å²) in [7, 11) is 0. The molecule has 0 spiro atoms. The molecule has 0 aliphatic heterocycles. The maximum atomic E-state index is 12.1. The standard InChI is InChI=1S/C17H24N2O2/c1-3-12(2)19-17(21)15-9-4-6-13(10-15)11-18-16(20)14-7-5-8-14/h4,6,9-10,12,14H,3,5,7-8,11H2,1-2H3,(H,18,20)(H,19,21). The Hall–Kier alpha value is -1.84. The number of hydrogen-bond acceptors (Lipinski definition) is 2. The van der Waals surface area contributed by atoms with Gasteiger partial charge in [-0.05, 0) is 43.9 Å². The zero-order valence-electron chi connectivity index (χ0n) is 12.8. The van der Waals surface area contributed by atoms with Crippen LogP contribution in [0.4, 0.5) is 0 Å². The molecule has 4 heteroatoms. The first kappa shape index (κ1) is 15.5. The first-order chi connectivity index (χ1) is 10.1. The van der Waals surface area contributed by atoms with Crippen molar-refractivity contribution < 1.29 is 9.59 Å². The third-order valence-corrected chi connectivity index (χ3v) is 4.12. The Bertz CT molecular complexity index is 509. The van der Waals surface area contributed by atoms with Gasteiger partial charge in [-0.3, -0.25) is 9.59 Å². The van der Waals surface area contributed by atoms with Gasteiger partial charge in [0.15, 0.2) is 0 Å². The molecule has 0 saturated heterocycles. The van der Waals surface area contributed by atoms with E-state index < -0.39 is 0 Å². The third kappa shape index (κ3) is 4.31. The van der Waals surface area contributed by atoms with E-state index in [-0.39, 0.29) is 23.8 Å². The fourth-order valence-corrected chi connectivity index (χ4v) is 2.24. The van der Waals surface area contributed by atoms with Gasteiger partial charge in [0, 0.05) is 24.1 Å². The summed E-state index contributed by atoms with van der Waals surface area (Å²) in [5.74, 6) is 0.272. The summed E-state index contributed by atoms with van der Waals surface area (Å²) in [4.78, 5) is 23.9. The molecular weight excluding hydrogens is 264 g/mol. The van der Waals surface area contributed by atoms with E-state index >= 15 is 0 Å². The van der Waals surface area contributed by atoms with Gasteiger partial charge in [-0.1, -0.05) is 25.5 Å². The van der Waals surface area contributed by atoms with Crippen molar-refractivity contribution >= 4 is 11.8 Å². The third-order valence-electron chi connectivity index (χ3n) is 4.12. The van der Waals surface area contributed by atoms with Gasteiger partial charge in [0.25, 0.3) is 5.91 Å². The lowest BCUT2D eigenvalue weighted by atomic mass is 9.85. The Balaban J connectivity index is 1.90. The Morgan fingerprint density at radius 3 is 2.71 bits per heavy atom. The maximum Gasteiger partial charge on any atom is 0.251 e. The number of carbonyl (C=O) groups excluding carboxylic acids is 2. The first-order valence-electron chi connectivity index (χ1n) is 7.77. The van der Waals surface area contributed by atoms with Gasteiger partial charge < -0.3 is 10.6 Å². The maximum absolute atomic E-state index is 12.1. The highest BCUT2D eigenvalue weighted by Gasteiger charge is 2.24. The van der Waals surface area contributed by atoms with Crippen molar-refractivity contribution in [2.45, 2.75) is 52.1 Å².